The van der Waals surface area contributed by atoms with Crippen LogP contribution in [-0.4, -0.2) is 22.0 Å². The van der Waals surface area contributed by atoms with E-state index in [0.717, 1.165) is 22.5 Å². The second kappa shape index (κ2) is 5.24. The number of nitrogens with one attached hydrogen (secondary N) is 1. The third-order valence-electron chi connectivity index (χ3n) is 2.91. The third kappa shape index (κ3) is 2.51. The number of hydrogen-bond acceptors (Lipinski definition) is 3. The van der Waals surface area contributed by atoms with Crippen LogP contribution in [0.1, 0.15) is 9.67 Å². The maximum Gasteiger partial charge on any atom is 0.261 e. The highest BCUT2D eigenvalue weighted by Gasteiger charge is 2.06. The first-order valence-corrected chi connectivity index (χ1v) is 6.94. The SMILES string of the molecule is O=C(NCCn1cnc2ccccc21)c1cccs1. The molecule has 0 aliphatic heterocycles. The van der Waals surface area contributed by atoms with Crippen molar-refractivity contribution >= 4 is 28.3 Å². The molecule has 1 amide bonds. The minimum atomic E-state index is -0.0144. The Balaban J connectivity index is 1.62. The van der Waals surface area contributed by atoms with Gasteiger partial charge in [-0.1, -0.05) is 18.2 Å². The highest BCUT2D eigenvalue weighted by atomic mass is 32.1. The normalized spacial score (nSPS) is 10.7. The van der Waals surface area contributed by atoms with Gasteiger partial charge in [-0.3, -0.25) is 4.79 Å². The fourth-order valence-electron chi connectivity index (χ4n) is 1.97. The zero-order valence-corrected chi connectivity index (χ0v) is 11.1. The van der Waals surface area contributed by atoms with Crippen molar-refractivity contribution in [2.24, 2.45) is 0 Å². The zero-order valence-electron chi connectivity index (χ0n) is 10.2. The summed E-state index contributed by atoms with van der Waals surface area (Å²) in [5, 5.41) is 4.81. The summed E-state index contributed by atoms with van der Waals surface area (Å²) in [6.07, 6.45) is 1.81. The van der Waals surface area contributed by atoms with Crippen molar-refractivity contribution in [2.45, 2.75) is 6.54 Å². The van der Waals surface area contributed by atoms with Crippen LogP contribution in [0.3, 0.4) is 0 Å². The van der Waals surface area contributed by atoms with E-state index in [0.29, 0.717) is 6.54 Å². The van der Waals surface area contributed by atoms with Crippen LogP contribution in [0.15, 0.2) is 48.1 Å². The van der Waals surface area contributed by atoms with E-state index >= 15 is 0 Å². The first kappa shape index (κ1) is 11.9. The maximum absolute atomic E-state index is 11.8. The summed E-state index contributed by atoms with van der Waals surface area (Å²) >= 11 is 1.45. The number of hydrogen-bond donors (Lipinski definition) is 1. The molecule has 3 rings (SSSR count). The Kier molecular flexibility index (Phi) is 3.29. The van der Waals surface area contributed by atoms with Gasteiger partial charge in [0.15, 0.2) is 0 Å². The van der Waals surface area contributed by atoms with E-state index in [9.17, 15) is 4.79 Å². The Morgan fingerprint density at radius 1 is 1.26 bits per heavy atom. The van der Waals surface area contributed by atoms with Crippen molar-refractivity contribution in [1.29, 1.82) is 0 Å². The second-order valence-electron chi connectivity index (χ2n) is 4.16. The molecule has 0 spiro atoms. The van der Waals surface area contributed by atoms with Gasteiger partial charge in [-0.05, 0) is 23.6 Å². The van der Waals surface area contributed by atoms with Crippen molar-refractivity contribution in [3.05, 3.63) is 53.0 Å². The van der Waals surface area contributed by atoms with Crippen LogP contribution >= 0.6 is 11.3 Å². The Morgan fingerprint density at radius 2 is 2.16 bits per heavy atom. The quantitative estimate of drug-likeness (QED) is 0.792. The van der Waals surface area contributed by atoms with Crippen LogP contribution in [0.4, 0.5) is 0 Å². The first-order valence-electron chi connectivity index (χ1n) is 6.06. The van der Waals surface area contributed by atoms with E-state index in [1.807, 2.05) is 52.7 Å². The summed E-state index contributed by atoms with van der Waals surface area (Å²) in [6, 6.07) is 11.7. The molecular formula is C14H13N3OS. The summed E-state index contributed by atoms with van der Waals surface area (Å²) in [4.78, 5) is 16.8. The topological polar surface area (TPSA) is 46.9 Å². The molecule has 19 heavy (non-hydrogen) atoms. The third-order valence-corrected chi connectivity index (χ3v) is 3.78. The van der Waals surface area contributed by atoms with Crippen LogP contribution in [0.2, 0.25) is 0 Å². The molecule has 2 heterocycles. The fourth-order valence-corrected chi connectivity index (χ4v) is 2.61. The van der Waals surface area contributed by atoms with Crippen LogP contribution in [0.5, 0.6) is 0 Å². The Bertz CT molecular complexity index is 688. The van der Waals surface area contributed by atoms with Crippen molar-refractivity contribution in [3.63, 3.8) is 0 Å². The summed E-state index contributed by atoms with van der Waals surface area (Å²) in [5.74, 6) is -0.0144. The summed E-state index contributed by atoms with van der Waals surface area (Å²) < 4.78 is 2.05. The lowest BCUT2D eigenvalue weighted by Crippen LogP contribution is -2.26. The molecule has 0 radical (unpaired) electrons. The highest BCUT2D eigenvalue weighted by molar-refractivity contribution is 7.12. The van der Waals surface area contributed by atoms with E-state index in [1.54, 1.807) is 0 Å². The average molecular weight is 271 g/mol. The van der Waals surface area contributed by atoms with Crippen LogP contribution in [0.25, 0.3) is 11.0 Å². The van der Waals surface area contributed by atoms with E-state index in [4.69, 9.17) is 0 Å². The number of fused-ring (bicyclic) bond motifs is 1. The minimum absolute atomic E-state index is 0.0144. The average Bonchev–Trinajstić information content (AvgIpc) is 3.08. The van der Waals surface area contributed by atoms with Gasteiger partial charge in [0.1, 0.15) is 0 Å². The molecule has 5 heteroatoms. The number of carbonyl (C=O) groups is 1. The van der Waals surface area contributed by atoms with E-state index < -0.39 is 0 Å². The molecule has 0 fully saturated rings. The molecule has 96 valence electrons. The van der Waals surface area contributed by atoms with Gasteiger partial charge in [0, 0.05) is 13.1 Å². The Hall–Kier alpha value is -2.14. The van der Waals surface area contributed by atoms with E-state index in [-0.39, 0.29) is 5.91 Å². The number of nitrogens with zero attached hydrogens (tertiary/aromatic N) is 2. The van der Waals surface area contributed by atoms with E-state index in [1.165, 1.54) is 11.3 Å². The molecule has 0 unspecified atom stereocenters. The fraction of sp³-hybridized carbons (Fsp3) is 0.143. The van der Waals surface area contributed by atoms with Gasteiger partial charge in [0.2, 0.25) is 0 Å². The summed E-state index contributed by atoms with van der Waals surface area (Å²) in [6.45, 7) is 1.31. The number of carbonyl (C=O) groups excluding carboxylic acids is 1. The lowest BCUT2D eigenvalue weighted by Gasteiger charge is -2.05. The molecule has 4 nitrogen and oxygen atoms in total. The predicted octanol–water partition coefficient (Wildman–Crippen LogP) is 2.53. The largest absolute Gasteiger partial charge is 0.350 e. The molecule has 0 saturated carbocycles. The molecule has 1 aromatic carbocycles. The van der Waals surface area contributed by atoms with Gasteiger partial charge in [-0.15, -0.1) is 11.3 Å². The van der Waals surface area contributed by atoms with Gasteiger partial charge >= 0.3 is 0 Å². The number of aromatic nitrogens is 2. The molecule has 0 atom stereocenters. The highest BCUT2D eigenvalue weighted by Crippen LogP contribution is 2.11. The standard InChI is InChI=1S/C14H13N3OS/c18-14(13-6-3-9-19-13)15-7-8-17-10-16-11-4-1-2-5-12(11)17/h1-6,9-10H,7-8H2,(H,15,18). The van der Waals surface area contributed by atoms with Crippen LogP contribution in [-0.2, 0) is 6.54 Å². The zero-order chi connectivity index (χ0) is 13.1. The first-order chi connectivity index (χ1) is 9.34. The van der Waals surface area contributed by atoms with Crippen molar-refractivity contribution in [1.82, 2.24) is 14.9 Å². The van der Waals surface area contributed by atoms with Crippen LogP contribution in [0, 0.1) is 0 Å². The number of thiophene rings is 1. The molecule has 0 saturated heterocycles. The number of benzene rings is 1. The maximum atomic E-state index is 11.8. The van der Waals surface area contributed by atoms with Gasteiger partial charge in [0.05, 0.1) is 22.2 Å². The predicted molar refractivity (Wildman–Crippen MR) is 76.4 cm³/mol. The van der Waals surface area contributed by atoms with Crippen molar-refractivity contribution in [3.8, 4) is 0 Å². The Labute approximate surface area is 114 Å². The lowest BCUT2D eigenvalue weighted by molar-refractivity contribution is 0.0956. The number of amides is 1. The molecule has 1 N–H and O–H groups in total. The second-order valence-corrected chi connectivity index (χ2v) is 5.11. The van der Waals surface area contributed by atoms with Crippen LogP contribution < -0.4 is 5.32 Å². The molecule has 3 aromatic rings. The van der Waals surface area contributed by atoms with Gasteiger partial charge < -0.3 is 9.88 Å². The van der Waals surface area contributed by atoms with Crippen molar-refractivity contribution in [2.75, 3.05) is 6.54 Å². The minimum Gasteiger partial charge on any atom is -0.350 e. The molecule has 2 aromatic heterocycles. The summed E-state index contributed by atoms with van der Waals surface area (Å²) in [7, 11) is 0. The smallest absolute Gasteiger partial charge is 0.261 e. The van der Waals surface area contributed by atoms with E-state index in [2.05, 4.69) is 10.3 Å². The number of para-hydroxylation sites is 2. The molecular weight excluding hydrogens is 258 g/mol. The Morgan fingerprint density at radius 3 is 3.00 bits per heavy atom. The van der Waals surface area contributed by atoms with Gasteiger partial charge in [-0.25, -0.2) is 4.98 Å². The molecule has 0 aliphatic rings. The lowest BCUT2D eigenvalue weighted by atomic mass is 10.3. The van der Waals surface area contributed by atoms with Gasteiger partial charge in [0.25, 0.3) is 5.91 Å². The monoisotopic (exact) mass is 271 g/mol. The van der Waals surface area contributed by atoms with Crippen molar-refractivity contribution < 1.29 is 4.79 Å². The summed E-state index contributed by atoms with van der Waals surface area (Å²) in [5.41, 5.74) is 2.07. The number of imidazole rings is 1. The number of rotatable bonds is 4. The van der Waals surface area contributed by atoms with Gasteiger partial charge in [-0.2, -0.15) is 0 Å². The molecule has 0 bridgehead atoms. The molecule has 0 aliphatic carbocycles.